The molecule has 1 aliphatic rings. The third kappa shape index (κ3) is 3.54. The number of hydrogen-bond acceptors (Lipinski definition) is 4. The Balaban J connectivity index is 1.75. The summed E-state index contributed by atoms with van der Waals surface area (Å²) < 4.78 is 20.5. The number of nitrogens with zero attached hydrogens (tertiary/aromatic N) is 3. The van der Waals surface area contributed by atoms with Crippen molar-refractivity contribution in [1.29, 1.82) is 0 Å². The number of halogens is 1. The minimum absolute atomic E-state index is 0.0178. The molecular formula is C18H21FN4O3. The van der Waals surface area contributed by atoms with E-state index in [-0.39, 0.29) is 29.2 Å². The van der Waals surface area contributed by atoms with E-state index in [0.717, 1.165) is 5.69 Å². The van der Waals surface area contributed by atoms with Crippen molar-refractivity contribution in [3.63, 3.8) is 0 Å². The molecule has 0 aliphatic carbocycles. The van der Waals surface area contributed by atoms with E-state index in [2.05, 4.69) is 10.4 Å². The third-order valence-electron chi connectivity index (χ3n) is 4.14. The zero-order valence-electron chi connectivity index (χ0n) is 15.0. The molecule has 3 rings (SSSR count). The first-order valence-electron chi connectivity index (χ1n) is 8.39. The van der Waals surface area contributed by atoms with Gasteiger partial charge in [0, 0.05) is 18.2 Å². The molecule has 0 unspecified atom stereocenters. The number of methoxy groups -OCH3 is 1. The molecular weight excluding hydrogens is 339 g/mol. The second kappa shape index (κ2) is 7.15. The van der Waals surface area contributed by atoms with Gasteiger partial charge in [0.2, 0.25) is 0 Å². The van der Waals surface area contributed by atoms with Crippen LogP contribution in [0.5, 0.6) is 5.75 Å². The summed E-state index contributed by atoms with van der Waals surface area (Å²) in [4.78, 5) is 26.4. The molecule has 0 fully saturated rings. The molecule has 1 aliphatic heterocycles. The number of fused-ring (bicyclic) bond motifs is 1. The van der Waals surface area contributed by atoms with E-state index < -0.39 is 5.82 Å². The summed E-state index contributed by atoms with van der Waals surface area (Å²) >= 11 is 0. The van der Waals surface area contributed by atoms with Crippen LogP contribution in [0, 0.1) is 5.82 Å². The Morgan fingerprint density at radius 2 is 2.04 bits per heavy atom. The number of benzene rings is 1. The lowest BCUT2D eigenvalue weighted by Crippen LogP contribution is -2.38. The Morgan fingerprint density at radius 1 is 1.27 bits per heavy atom. The molecule has 1 aromatic heterocycles. The number of carbonyl (C=O) groups excluding carboxylic acids is 2. The van der Waals surface area contributed by atoms with Crippen LogP contribution < -0.4 is 10.1 Å². The first-order chi connectivity index (χ1) is 12.4. The van der Waals surface area contributed by atoms with Gasteiger partial charge in [0.25, 0.3) is 11.8 Å². The number of carbonyl (C=O) groups is 2. The zero-order chi connectivity index (χ0) is 18.8. The van der Waals surface area contributed by atoms with Gasteiger partial charge < -0.3 is 15.0 Å². The summed E-state index contributed by atoms with van der Waals surface area (Å²) in [5.41, 5.74) is 1.36. The molecule has 2 aromatic rings. The summed E-state index contributed by atoms with van der Waals surface area (Å²) in [5.74, 6) is -0.990. The number of rotatable bonds is 4. The molecule has 26 heavy (non-hydrogen) atoms. The Bertz CT molecular complexity index is 847. The fourth-order valence-electron chi connectivity index (χ4n) is 2.87. The molecule has 0 spiro atoms. The topological polar surface area (TPSA) is 76.5 Å². The summed E-state index contributed by atoms with van der Waals surface area (Å²) in [6, 6.07) is 5.85. The Hall–Kier alpha value is -2.90. The van der Waals surface area contributed by atoms with E-state index in [0.29, 0.717) is 25.3 Å². The minimum atomic E-state index is -0.576. The molecule has 2 heterocycles. The van der Waals surface area contributed by atoms with Gasteiger partial charge in [-0.25, -0.2) is 4.39 Å². The van der Waals surface area contributed by atoms with Crippen molar-refractivity contribution >= 4 is 11.8 Å². The molecule has 0 saturated heterocycles. The van der Waals surface area contributed by atoms with Crippen LogP contribution in [0.1, 0.15) is 40.4 Å². The molecule has 138 valence electrons. The molecule has 2 amide bonds. The van der Waals surface area contributed by atoms with Gasteiger partial charge >= 0.3 is 0 Å². The van der Waals surface area contributed by atoms with Crippen molar-refractivity contribution in [2.45, 2.75) is 33.0 Å². The van der Waals surface area contributed by atoms with Crippen LogP contribution >= 0.6 is 0 Å². The summed E-state index contributed by atoms with van der Waals surface area (Å²) in [6.07, 6.45) is 0. The maximum atomic E-state index is 13.9. The third-order valence-corrected chi connectivity index (χ3v) is 4.14. The van der Waals surface area contributed by atoms with E-state index in [4.69, 9.17) is 4.74 Å². The fourth-order valence-corrected chi connectivity index (χ4v) is 2.87. The highest BCUT2D eigenvalue weighted by atomic mass is 19.1. The molecule has 0 bridgehead atoms. The van der Waals surface area contributed by atoms with E-state index in [1.165, 1.54) is 25.3 Å². The standard InChI is InChI=1S/C18H21FN4O3/c1-11(2)20-17(24)15-9-13-10-22(6-7-23(13)21-15)18(25)12-4-5-16(26-3)14(19)8-12/h4-5,8-9,11H,6-7,10H2,1-3H3,(H,20,24). The lowest BCUT2D eigenvalue weighted by Gasteiger charge is -2.27. The maximum Gasteiger partial charge on any atom is 0.271 e. The molecule has 1 N–H and O–H groups in total. The molecule has 1 aromatic carbocycles. The van der Waals surface area contributed by atoms with E-state index in [1.54, 1.807) is 15.6 Å². The predicted octanol–water partition coefficient (Wildman–Crippen LogP) is 1.82. The van der Waals surface area contributed by atoms with Gasteiger partial charge in [0.05, 0.1) is 25.9 Å². The summed E-state index contributed by atoms with van der Waals surface area (Å²) in [7, 11) is 1.37. The zero-order valence-corrected chi connectivity index (χ0v) is 15.0. The average Bonchev–Trinajstić information content (AvgIpc) is 3.03. The summed E-state index contributed by atoms with van der Waals surface area (Å²) in [5, 5.41) is 7.09. The van der Waals surface area contributed by atoms with Crippen molar-refractivity contribution in [1.82, 2.24) is 20.0 Å². The molecule has 0 atom stereocenters. The molecule has 0 radical (unpaired) electrons. The molecule has 8 heteroatoms. The Morgan fingerprint density at radius 3 is 2.69 bits per heavy atom. The largest absolute Gasteiger partial charge is 0.494 e. The van der Waals surface area contributed by atoms with Gasteiger partial charge in [-0.05, 0) is 38.1 Å². The van der Waals surface area contributed by atoms with Gasteiger partial charge in [-0.15, -0.1) is 0 Å². The highest BCUT2D eigenvalue weighted by Gasteiger charge is 2.25. The predicted molar refractivity (Wildman–Crippen MR) is 92.5 cm³/mol. The van der Waals surface area contributed by atoms with Crippen LogP contribution in [0.4, 0.5) is 4.39 Å². The Labute approximate surface area is 150 Å². The maximum absolute atomic E-state index is 13.9. The van der Waals surface area contributed by atoms with Gasteiger partial charge in [-0.1, -0.05) is 0 Å². The highest BCUT2D eigenvalue weighted by molar-refractivity contribution is 5.95. The quantitative estimate of drug-likeness (QED) is 0.902. The number of aromatic nitrogens is 2. The second-order valence-corrected chi connectivity index (χ2v) is 6.45. The van der Waals surface area contributed by atoms with Gasteiger partial charge in [0.1, 0.15) is 0 Å². The number of nitrogens with one attached hydrogen (secondary N) is 1. The van der Waals surface area contributed by atoms with Gasteiger partial charge in [-0.2, -0.15) is 5.10 Å². The van der Waals surface area contributed by atoms with Crippen molar-refractivity contribution in [3.8, 4) is 5.75 Å². The van der Waals surface area contributed by atoms with Crippen LogP contribution in [0.2, 0.25) is 0 Å². The van der Waals surface area contributed by atoms with Crippen molar-refractivity contribution < 1.29 is 18.7 Å². The van der Waals surface area contributed by atoms with Crippen molar-refractivity contribution in [3.05, 3.63) is 47.0 Å². The van der Waals surface area contributed by atoms with Crippen molar-refractivity contribution in [2.24, 2.45) is 0 Å². The van der Waals surface area contributed by atoms with Gasteiger partial charge in [0.15, 0.2) is 17.3 Å². The van der Waals surface area contributed by atoms with Gasteiger partial charge in [-0.3, -0.25) is 14.3 Å². The Kier molecular flexibility index (Phi) is 4.92. The molecule has 7 nitrogen and oxygen atoms in total. The highest BCUT2D eigenvalue weighted by Crippen LogP contribution is 2.21. The van der Waals surface area contributed by atoms with E-state index in [9.17, 15) is 14.0 Å². The van der Waals surface area contributed by atoms with E-state index >= 15 is 0 Å². The van der Waals surface area contributed by atoms with Crippen LogP contribution in [0.3, 0.4) is 0 Å². The van der Waals surface area contributed by atoms with Crippen molar-refractivity contribution in [2.75, 3.05) is 13.7 Å². The average molecular weight is 360 g/mol. The second-order valence-electron chi connectivity index (χ2n) is 6.45. The minimum Gasteiger partial charge on any atom is -0.494 e. The summed E-state index contributed by atoms with van der Waals surface area (Å²) in [6.45, 7) is 4.99. The smallest absolute Gasteiger partial charge is 0.271 e. The normalized spacial score (nSPS) is 13.5. The lowest BCUT2D eigenvalue weighted by atomic mass is 10.1. The molecule has 0 saturated carbocycles. The monoisotopic (exact) mass is 360 g/mol. The number of amides is 2. The lowest BCUT2D eigenvalue weighted by molar-refractivity contribution is 0.0704. The number of ether oxygens (including phenoxy) is 1. The van der Waals surface area contributed by atoms with Crippen LogP contribution in [0.25, 0.3) is 0 Å². The number of hydrogen-bond donors (Lipinski definition) is 1. The van der Waals surface area contributed by atoms with Crippen LogP contribution in [0.15, 0.2) is 24.3 Å². The first-order valence-corrected chi connectivity index (χ1v) is 8.39. The SMILES string of the molecule is COc1ccc(C(=O)N2CCn3nc(C(=O)NC(C)C)cc3C2)cc1F. The first kappa shape index (κ1) is 17.9. The fraction of sp³-hybridized carbons (Fsp3) is 0.389. The van der Waals surface area contributed by atoms with Crippen LogP contribution in [-0.2, 0) is 13.1 Å². The van der Waals surface area contributed by atoms with Crippen LogP contribution in [-0.4, -0.2) is 46.2 Å². The van der Waals surface area contributed by atoms with E-state index in [1.807, 2.05) is 13.8 Å².